The van der Waals surface area contributed by atoms with E-state index in [1.807, 2.05) is 4.40 Å². The van der Waals surface area contributed by atoms with Crippen LogP contribution in [0, 0.1) is 13.8 Å². The average molecular weight is 243 g/mol. The second-order valence-corrected chi connectivity index (χ2v) is 5.08. The number of nitrogens with zero attached hydrogens (tertiary/aromatic N) is 2. The third-order valence-electron chi connectivity index (χ3n) is 3.09. The minimum atomic E-state index is 0.602. The van der Waals surface area contributed by atoms with Crippen molar-refractivity contribution >= 4 is 22.0 Å². The fourth-order valence-electron chi connectivity index (χ4n) is 1.92. The molecule has 4 heteroatoms. The van der Waals surface area contributed by atoms with Gasteiger partial charge in [0.25, 0.3) is 0 Å². The van der Waals surface area contributed by atoms with Gasteiger partial charge in [0.05, 0.1) is 5.69 Å². The highest BCUT2D eigenvalue weighted by molar-refractivity contribution is 7.16. The molecule has 0 atom stereocenters. The number of hydrogen-bond donors (Lipinski definition) is 1. The lowest BCUT2D eigenvalue weighted by atomic mass is 10.1. The number of nitrogen functional groups attached to an aromatic ring is 1. The van der Waals surface area contributed by atoms with E-state index >= 15 is 0 Å². The molecular formula is C13H13N3S. The highest BCUT2D eigenvalue weighted by atomic mass is 32.1. The molecule has 2 aromatic heterocycles. The molecule has 0 saturated carbocycles. The Hall–Kier alpha value is -1.81. The summed E-state index contributed by atoms with van der Waals surface area (Å²) in [4.78, 5) is 5.15. The summed E-state index contributed by atoms with van der Waals surface area (Å²) < 4.78 is 2.05. The summed E-state index contributed by atoms with van der Waals surface area (Å²) >= 11 is 1.63. The van der Waals surface area contributed by atoms with Gasteiger partial charge >= 0.3 is 0 Å². The molecule has 0 spiro atoms. The quantitative estimate of drug-likeness (QED) is 0.713. The first kappa shape index (κ1) is 10.4. The fourth-order valence-corrected chi connectivity index (χ4v) is 2.82. The molecular weight excluding hydrogens is 230 g/mol. The summed E-state index contributed by atoms with van der Waals surface area (Å²) in [6, 6.07) is 6.49. The molecule has 0 aliphatic rings. The Morgan fingerprint density at radius 3 is 2.82 bits per heavy atom. The van der Waals surface area contributed by atoms with Crippen LogP contribution in [0.5, 0.6) is 0 Å². The second-order valence-electron chi connectivity index (χ2n) is 4.22. The number of anilines is 1. The van der Waals surface area contributed by atoms with Gasteiger partial charge in [-0.2, -0.15) is 0 Å². The Kier molecular flexibility index (Phi) is 2.19. The SMILES string of the molecule is Cc1ccc(-c2csc3c(N)ncn23)cc1C. The molecule has 3 aromatic rings. The van der Waals surface area contributed by atoms with Crippen LogP contribution in [-0.4, -0.2) is 9.38 Å². The Morgan fingerprint density at radius 1 is 1.24 bits per heavy atom. The first-order valence-corrected chi connectivity index (χ1v) is 6.32. The Bertz CT molecular complexity index is 694. The number of aromatic nitrogens is 2. The molecule has 3 nitrogen and oxygen atoms in total. The molecule has 2 heterocycles. The third-order valence-corrected chi connectivity index (χ3v) is 4.06. The average Bonchev–Trinajstić information content (AvgIpc) is 2.86. The van der Waals surface area contributed by atoms with E-state index in [1.165, 1.54) is 16.7 Å². The molecule has 0 aliphatic heterocycles. The predicted molar refractivity (Wildman–Crippen MR) is 72.4 cm³/mol. The number of hydrogen-bond acceptors (Lipinski definition) is 3. The summed E-state index contributed by atoms with van der Waals surface area (Å²) in [6.07, 6.45) is 1.78. The Morgan fingerprint density at radius 2 is 2.06 bits per heavy atom. The van der Waals surface area contributed by atoms with Crippen molar-refractivity contribution in [3.05, 3.63) is 41.0 Å². The smallest absolute Gasteiger partial charge is 0.160 e. The summed E-state index contributed by atoms with van der Waals surface area (Å²) in [5.41, 5.74) is 10.8. The Balaban J connectivity index is 2.23. The van der Waals surface area contributed by atoms with Gasteiger partial charge in [0.15, 0.2) is 5.82 Å². The molecule has 0 fully saturated rings. The topological polar surface area (TPSA) is 43.3 Å². The van der Waals surface area contributed by atoms with Crippen molar-refractivity contribution in [1.29, 1.82) is 0 Å². The highest BCUT2D eigenvalue weighted by Crippen LogP contribution is 2.29. The number of fused-ring (bicyclic) bond motifs is 1. The first-order valence-electron chi connectivity index (χ1n) is 5.44. The molecule has 0 bridgehead atoms. The Labute approximate surface area is 104 Å². The lowest BCUT2D eigenvalue weighted by Gasteiger charge is -2.04. The number of benzene rings is 1. The molecule has 0 amide bonds. The van der Waals surface area contributed by atoms with Crippen LogP contribution in [0.15, 0.2) is 29.9 Å². The maximum absolute atomic E-state index is 5.80. The zero-order chi connectivity index (χ0) is 12.0. The number of nitrogens with two attached hydrogens (primary N) is 1. The van der Waals surface area contributed by atoms with Crippen molar-refractivity contribution in [2.24, 2.45) is 0 Å². The monoisotopic (exact) mass is 243 g/mol. The zero-order valence-corrected chi connectivity index (χ0v) is 10.6. The number of thiazole rings is 1. The molecule has 0 saturated heterocycles. The van der Waals surface area contributed by atoms with E-state index < -0.39 is 0 Å². The predicted octanol–water partition coefficient (Wildman–Crippen LogP) is 3.26. The molecule has 86 valence electrons. The molecule has 0 unspecified atom stereocenters. The van der Waals surface area contributed by atoms with Crippen LogP contribution in [0.1, 0.15) is 11.1 Å². The lowest BCUT2D eigenvalue weighted by Crippen LogP contribution is -1.87. The van der Waals surface area contributed by atoms with Crippen LogP contribution in [0.2, 0.25) is 0 Å². The second kappa shape index (κ2) is 3.60. The number of aryl methyl sites for hydroxylation is 2. The van der Waals surface area contributed by atoms with Crippen molar-refractivity contribution in [2.75, 3.05) is 5.73 Å². The van der Waals surface area contributed by atoms with Crippen molar-refractivity contribution in [3.63, 3.8) is 0 Å². The largest absolute Gasteiger partial charge is 0.381 e. The molecule has 0 radical (unpaired) electrons. The van der Waals surface area contributed by atoms with Gasteiger partial charge < -0.3 is 5.73 Å². The van der Waals surface area contributed by atoms with Crippen molar-refractivity contribution < 1.29 is 0 Å². The fraction of sp³-hybridized carbons (Fsp3) is 0.154. The maximum Gasteiger partial charge on any atom is 0.160 e. The van der Waals surface area contributed by atoms with Gasteiger partial charge in [-0.1, -0.05) is 12.1 Å². The van der Waals surface area contributed by atoms with E-state index in [9.17, 15) is 0 Å². The van der Waals surface area contributed by atoms with Crippen molar-refractivity contribution in [2.45, 2.75) is 13.8 Å². The van der Waals surface area contributed by atoms with Crippen LogP contribution in [0.25, 0.3) is 16.1 Å². The van der Waals surface area contributed by atoms with Crippen LogP contribution < -0.4 is 5.73 Å². The minimum absolute atomic E-state index is 0.602. The van der Waals surface area contributed by atoms with Crippen LogP contribution in [0.4, 0.5) is 5.82 Å². The van der Waals surface area contributed by atoms with Crippen molar-refractivity contribution in [3.8, 4) is 11.3 Å². The maximum atomic E-state index is 5.80. The van der Waals surface area contributed by atoms with Gasteiger partial charge in [-0.05, 0) is 36.6 Å². The third kappa shape index (κ3) is 1.52. The normalized spacial score (nSPS) is 11.2. The van der Waals surface area contributed by atoms with Gasteiger partial charge in [-0.15, -0.1) is 11.3 Å². The van der Waals surface area contributed by atoms with Gasteiger partial charge in [0.2, 0.25) is 0 Å². The number of rotatable bonds is 1. The van der Waals surface area contributed by atoms with Crippen LogP contribution in [0.3, 0.4) is 0 Å². The van der Waals surface area contributed by atoms with Gasteiger partial charge in [-0.3, -0.25) is 4.40 Å². The summed E-state index contributed by atoms with van der Waals surface area (Å²) in [5, 5.41) is 2.12. The van der Waals surface area contributed by atoms with Crippen LogP contribution >= 0.6 is 11.3 Å². The van der Waals surface area contributed by atoms with Crippen molar-refractivity contribution in [1.82, 2.24) is 9.38 Å². The molecule has 1 aromatic carbocycles. The lowest BCUT2D eigenvalue weighted by molar-refractivity contribution is 1.18. The highest BCUT2D eigenvalue weighted by Gasteiger charge is 2.09. The standard InChI is InChI=1S/C13H13N3S/c1-8-3-4-10(5-9(8)2)11-6-17-13-12(14)15-7-16(11)13/h3-7H,14H2,1-2H3. The molecule has 3 rings (SSSR count). The minimum Gasteiger partial charge on any atom is -0.381 e. The summed E-state index contributed by atoms with van der Waals surface area (Å²) in [7, 11) is 0. The van der Waals surface area contributed by atoms with Gasteiger partial charge in [-0.25, -0.2) is 4.98 Å². The van der Waals surface area contributed by atoms with E-state index in [-0.39, 0.29) is 0 Å². The first-order chi connectivity index (χ1) is 8.16. The van der Waals surface area contributed by atoms with Gasteiger partial charge in [0.1, 0.15) is 11.2 Å². The summed E-state index contributed by atoms with van der Waals surface area (Å²) in [6.45, 7) is 4.25. The van der Waals surface area contributed by atoms with Crippen LogP contribution in [-0.2, 0) is 0 Å². The van der Waals surface area contributed by atoms with E-state index in [4.69, 9.17) is 5.73 Å². The molecule has 17 heavy (non-hydrogen) atoms. The van der Waals surface area contributed by atoms with Gasteiger partial charge in [0, 0.05) is 5.38 Å². The summed E-state index contributed by atoms with van der Waals surface area (Å²) in [5.74, 6) is 0.602. The molecule has 2 N–H and O–H groups in total. The van der Waals surface area contributed by atoms with E-state index in [0.29, 0.717) is 5.82 Å². The molecule has 0 aliphatic carbocycles. The van der Waals surface area contributed by atoms with E-state index in [0.717, 1.165) is 10.5 Å². The van der Waals surface area contributed by atoms with E-state index in [1.54, 1.807) is 17.7 Å². The van der Waals surface area contributed by atoms with E-state index in [2.05, 4.69) is 42.4 Å². The zero-order valence-electron chi connectivity index (χ0n) is 9.77. The number of imidazole rings is 1.